The fraction of sp³-hybridized carbons (Fsp3) is 0.278. The molecule has 0 unspecified atom stereocenters. The number of halogens is 1. The normalized spacial score (nSPS) is 16.4. The van der Waals surface area contributed by atoms with Crippen molar-refractivity contribution in [2.45, 2.75) is 12.5 Å². The van der Waals surface area contributed by atoms with Crippen LogP contribution in [0.2, 0.25) is 0 Å². The number of hydrogen-bond acceptors (Lipinski definition) is 7. The van der Waals surface area contributed by atoms with Gasteiger partial charge in [-0.1, -0.05) is 5.16 Å². The lowest BCUT2D eigenvalue weighted by atomic mass is 10.2. The number of nitrogens with zero attached hydrogens (tertiary/aromatic N) is 4. The van der Waals surface area contributed by atoms with Crippen LogP contribution in [-0.2, 0) is 11.2 Å². The Balaban J connectivity index is 1.45. The van der Waals surface area contributed by atoms with E-state index >= 15 is 0 Å². The molecule has 2 N–H and O–H groups in total. The van der Waals surface area contributed by atoms with Crippen molar-refractivity contribution in [1.29, 1.82) is 0 Å². The molecule has 0 radical (unpaired) electrons. The number of aliphatic hydroxyl groups excluding tert-OH is 1. The molecule has 1 amide bonds. The highest BCUT2D eigenvalue weighted by Crippen LogP contribution is 2.26. The maximum absolute atomic E-state index is 14.6. The zero-order valence-corrected chi connectivity index (χ0v) is 14.8. The van der Waals surface area contributed by atoms with Crippen LogP contribution in [0.5, 0.6) is 0 Å². The second-order valence-corrected chi connectivity index (χ2v) is 6.26. The van der Waals surface area contributed by atoms with Crippen LogP contribution in [-0.4, -0.2) is 51.7 Å². The van der Waals surface area contributed by atoms with Gasteiger partial charge in [0.1, 0.15) is 18.2 Å². The van der Waals surface area contributed by atoms with Gasteiger partial charge in [-0.3, -0.25) is 4.90 Å². The summed E-state index contributed by atoms with van der Waals surface area (Å²) in [5.41, 5.74) is 1.37. The van der Waals surface area contributed by atoms with Gasteiger partial charge < -0.3 is 24.3 Å². The summed E-state index contributed by atoms with van der Waals surface area (Å²) in [6.45, 7) is 0.619. The standard InChI is InChI=1S/C18H18FN5O4/c19-15-7-13(1-2-16(15)23-9-12(3-5-25)21-11-23)24-10-14(28-18(24)26)8-20-17-4-6-27-22-17/h1-2,4,6-7,9,11,14,25H,3,5,8,10H2,(H,20,22)/t14-/m0/s1. The molecule has 1 atom stereocenters. The van der Waals surface area contributed by atoms with Gasteiger partial charge in [0, 0.05) is 25.3 Å². The largest absolute Gasteiger partial charge is 0.442 e. The number of cyclic esters (lactones) is 1. The molecule has 3 heterocycles. The number of aromatic nitrogens is 3. The molecule has 1 aliphatic rings. The molecule has 146 valence electrons. The topological polar surface area (TPSA) is 106 Å². The fourth-order valence-electron chi connectivity index (χ4n) is 2.97. The van der Waals surface area contributed by atoms with Crippen molar-refractivity contribution in [2.75, 3.05) is 29.9 Å². The molecule has 0 aliphatic carbocycles. The zero-order chi connectivity index (χ0) is 19.5. The van der Waals surface area contributed by atoms with Crippen molar-refractivity contribution in [3.8, 4) is 5.69 Å². The Morgan fingerprint density at radius 2 is 2.25 bits per heavy atom. The summed E-state index contributed by atoms with van der Waals surface area (Å²) >= 11 is 0. The van der Waals surface area contributed by atoms with E-state index in [1.165, 1.54) is 28.1 Å². The van der Waals surface area contributed by atoms with Crippen molar-refractivity contribution >= 4 is 17.6 Å². The molecule has 0 spiro atoms. The molecule has 1 aliphatic heterocycles. The lowest BCUT2D eigenvalue weighted by Crippen LogP contribution is -2.27. The van der Waals surface area contributed by atoms with E-state index in [0.717, 1.165) is 0 Å². The minimum Gasteiger partial charge on any atom is -0.442 e. The molecule has 1 saturated heterocycles. The van der Waals surface area contributed by atoms with Crippen molar-refractivity contribution in [3.63, 3.8) is 0 Å². The van der Waals surface area contributed by atoms with Gasteiger partial charge in [-0.25, -0.2) is 14.2 Å². The Labute approximate surface area is 159 Å². The number of carbonyl (C=O) groups is 1. The van der Waals surface area contributed by atoms with Gasteiger partial charge in [0.25, 0.3) is 0 Å². The maximum atomic E-state index is 14.6. The number of ether oxygens (including phenoxy) is 1. The highest BCUT2D eigenvalue weighted by atomic mass is 19.1. The number of rotatable bonds is 7. The second-order valence-electron chi connectivity index (χ2n) is 6.26. The van der Waals surface area contributed by atoms with E-state index in [-0.39, 0.29) is 13.2 Å². The monoisotopic (exact) mass is 387 g/mol. The summed E-state index contributed by atoms with van der Waals surface area (Å²) in [5, 5.41) is 15.7. The highest BCUT2D eigenvalue weighted by Gasteiger charge is 2.32. The van der Waals surface area contributed by atoms with Gasteiger partial charge in [0.2, 0.25) is 0 Å². The van der Waals surface area contributed by atoms with Crippen LogP contribution in [0.4, 0.5) is 20.7 Å². The third kappa shape index (κ3) is 3.67. The number of hydrogen-bond donors (Lipinski definition) is 2. The third-order valence-electron chi connectivity index (χ3n) is 4.35. The quantitative estimate of drug-likeness (QED) is 0.638. The van der Waals surface area contributed by atoms with Gasteiger partial charge in [-0.15, -0.1) is 0 Å². The van der Waals surface area contributed by atoms with Gasteiger partial charge >= 0.3 is 6.09 Å². The first kappa shape index (κ1) is 18.0. The van der Waals surface area contributed by atoms with E-state index in [0.29, 0.717) is 35.9 Å². The summed E-state index contributed by atoms with van der Waals surface area (Å²) in [6.07, 6.45) is 4.04. The predicted molar refractivity (Wildman–Crippen MR) is 96.9 cm³/mol. The summed E-state index contributed by atoms with van der Waals surface area (Å²) in [6, 6.07) is 6.17. The predicted octanol–water partition coefficient (Wildman–Crippen LogP) is 1.97. The van der Waals surface area contributed by atoms with Crippen LogP contribution in [0, 0.1) is 5.82 Å². The van der Waals surface area contributed by atoms with Crippen LogP contribution in [0.25, 0.3) is 5.69 Å². The van der Waals surface area contributed by atoms with Gasteiger partial charge in [0.05, 0.1) is 36.5 Å². The van der Waals surface area contributed by atoms with E-state index in [4.69, 9.17) is 14.4 Å². The maximum Gasteiger partial charge on any atom is 0.414 e. The first-order chi connectivity index (χ1) is 13.6. The van der Waals surface area contributed by atoms with Crippen LogP contribution in [0.1, 0.15) is 5.69 Å². The van der Waals surface area contributed by atoms with Crippen LogP contribution >= 0.6 is 0 Å². The summed E-state index contributed by atoms with van der Waals surface area (Å²) in [7, 11) is 0. The van der Waals surface area contributed by atoms with E-state index in [1.807, 2.05) is 0 Å². The van der Waals surface area contributed by atoms with E-state index < -0.39 is 18.0 Å². The first-order valence-electron chi connectivity index (χ1n) is 8.70. The number of benzene rings is 1. The minimum atomic E-state index is -0.535. The summed E-state index contributed by atoms with van der Waals surface area (Å²) in [5.74, 6) is 0.0493. The van der Waals surface area contributed by atoms with Crippen molar-refractivity contribution < 1.29 is 23.6 Å². The number of anilines is 2. The number of amides is 1. The van der Waals surface area contributed by atoms with E-state index in [1.54, 1.807) is 24.4 Å². The molecule has 3 aromatic rings. The molecular weight excluding hydrogens is 369 g/mol. The van der Waals surface area contributed by atoms with Gasteiger partial charge in [0.15, 0.2) is 5.82 Å². The van der Waals surface area contributed by atoms with Crippen LogP contribution < -0.4 is 10.2 Å². The molecule has 0 bridgehead atoms. The number of imidazole rings is 1. The Morgan fingerprint density at radius 3 is 3.00 bits per heavy atom. The minimum absolute atomic E-state index is 0.0256. The lowest BCUT2D eigenvalue weighted by Gasteiger charge is -2.14. The molecule has 28 heavy (non-hydrogen) atoms. The Morgan fingerprint density at radius 1 is 1.36 bits per heavy atom. The first-order valence-corrected chi connectivity index (χ1v) is 8.70. The van der Waals surface area contributed by atoms with Crippen LogP contribution in [0.15, 0.2) is 47.6 Å². The molecule has 9 nitrogen and oxygen atoms in total. The second kappa shape index (κ2) is 7.69. The van der Waals surface area contributed by atoms with E-state index in [9.17, 15) is 9.18 Å². The lowest BCUT2D eigenvalue weighted by molar-refractivity contribution is 0.147. The SMILES string of the molecule is O=C1O[C@@H](CNc2ccon2)CN1c1ccc(-n2cnc(CCO)c2)c(F)c1. The van der Waals surface area contributed by atoms with Gasteiger partial charge in [-0.05, 0) is 18.2 Å². The average Bonchev–Trinajstić information content (AvgIpc) is 3.41. The number of carbonyl (C=O) groups excluding carboxylic acids is 1. The smallest absolute Gasteiger partial charge is 0.414 e. The summed E-state index contributed by atoms with van der Waals surface area (Å²) in [4.78, 5) is 17.7. The Bertz CT molecular complexity index is 959. The van der Waals surface area contributed by atoms with Gasteiger partial charge in [-0.2, -0.15) is 0 Å². The van der Waals surface area contributed by atoms with Crippen molar-refractivity contribution in [1.82, 2.24) is 14.7 Å². The van der Waals surface area contributed by atoms with Crippen LogP contribution in [0.3, 0.4) is 0 Å². The Kier molecular flexibility index (Phi) is 4.94. The number of aliphatic hydroxyl groups is 1. The zero-order valence-electron chi connectivity index (χ0n) is 14.8. The number of nitrogens with one attached hydrogen (secondary N) is 1. The molecule has 4 rings (SSSR count). The fourth-order valence-corrected chi connectivity index (χ4v) is 2.97. The summed E-state index contributed by atoms with van der Waals surface area (Å²) < 4.78 is 26.2. The third-order valence-corrected chi connectivity index (χ3v) is 4.35. The molecule has 1 fully saturated rings. The molecule has 1 aromatic carbocycles. The molecule has 10 heteroatoms. The highest BCUT2D eigenvalue weighted by molar-refractivity contribution is 5.89. The van der Waals surface area contributed by atoms with Crippen molar-refractivity contribution in [3.05, 3.63) is 54.6 Å². The molecular formula is C18H18FN5O4. The Hall–Kier alpha value is -3.40. The average molecular weight is 387 g/mol. The molecule has 2 aromatic heterocycles. The molecule has 0 saturated carbocycles. The van der Waals surface area contributed by atoms with E-state index in [2.05, 4.69) is 15.5 Å². The van der Waals surface area contributed by atoms with Crippen molar-refractivity contribution in [2.24, 2.45) is 0 Å².